The van der Waals surface area contributed by atoms with Crippen LogP contribution in [-0.2, 0) is 11.3 Å². The number of aromatic nitrogens is 1. The normalized spacial score (nSPS) is 13.0. The molecule has 0 unspecified atom stereocenters. The molecule has 1 atom stereocenters. The number of methoxy groups -OCH3 is 1. The Labute approximate surface area is 105 Å². The molecule has 0 saturated carbocycles. The molecule has 0 spiro atoms. The Morgan fingerprint density at radius 2 is 2.12 bits per heavy atom. The van der Waals surface area contributed by atoms with Crippen molar-refractivity contribution in [3.8, 4) is 0 Å². The lowest BCUT2D eigenvalue weighted by Gasteiger charge is -2.22. The lowest BCUT2D eigenvalue weighted by molar-refractivity contribution is 0.173. The van der Waals surface area contributed by atoms with Gasteiger partial charge < -0.3 is 10.1 Å². The number of aryl methyl sites for hydroxylation is 1. The van der Waals surface area contributed by atoms with Gasteiger partial charge in [-0.25, -0.2) is 0 Å². The van der Waals surface area contributed by atoms with Crippen molar-refractivity contribution in [3.63, 3.8) is 0 Å². The summed E-state index contributed by atoms with van der Waals surface area (Å²) in [4.78, 5) is 4.49. The molecule has 1 aromatic heterocycles. The van der Waals surface area contributed by atoms with Crippen LogP contribution in [0.5, 0.6) is 0 Å². The van der Waals surface area contributed by atoms with Gasteiger partial charge in [-0.2, -0.15) is 0 Å². The van der Waals surface area contributed by atoms with E-state index in [-0.39, 0.29) is 0 Å². The van der Waals surface area contributed by atoms with Crippen molar-refractivity contribution in [1.29, 1.82) is 0 Å². The minimum atomic E-state index is 0.484. The van der Waals surface area contributed by atoms with Crippen LogP contribution < -0.4 is 5.32 Å². The number of nitrogens with zero attached hydrogens (tertiary/aromatic N) is 1. The molecule has 0 amide bonds. The fraction of sp³-hybridized carbons (Fsp3) is 0.643. The van der Waals surface area contributed by atoms with Crippen LogP contribution in [0.1, 0.15) is 31.7 Å². The fourth-order valence-electron chi connectivity index (χ4n) is 1.85. The zero-order valence-electron chi connectivity index (χ0n) is 11.4. The monoisotopic (exact) mass is 236 g/mol. The summed E-state index contributed by atoms with van der Waals surface area (Å²) in [5.41, 5.74) is 2.18. The highest BCUT2D eigenvalue weighted by Gasteiger charge is 2.12. The van der Waals surface area contributed by atoms with Gasteiger partial charge in [0, 0.05) is 32.0 Å². The first kappa shape index (κ1) is 14.1. The summed E-state index contributed by atoms with van der Waals surface area (Å²) < 4.78 is 5.14. The average molecular weight is 236 g/mol. The number of nitrogens with one attached hydrogen (secondary N) is 1. The van der Waals surface area contributed by atoms with Gasteiger partial charge in [0.05, 0.1) is 5.69 Å². The lowest BCUT2D eigenvalue weighted by atomic mass is 10.0. The smallest absolute Gasteiger partial charge is 0.0544 e. The van der Waals surface area contributed by atoms with Crippen LogP contribution >= 0.6 is 0 Å². The van der Waals surface area contributed by atoms with Gasteiger partial charge in [-0.15, -0.1) is 0 Å². The highest BCUT2D eigenvalue weighted by molar-refractivity contribution is 5.09. The molecule has 0 saturated heterocycles. The van der Waals surface area contributed by atoms with Gasteiger partial charge in [-0.3, -0.25) is 4.98 Å². The standard InChI is InChI=1S/C14H24N2O/c1-11(2)14(8-9-17-4)15-10-13-7-5-6-12(3)16-13/h5-7,11,14-15H,8-10H2,1-4H3/t14-/m0/s1. The van der Waals surface area contributed by atoms with Crippen LogP contribution in [0.3, 0.4) is 0 Å². The molecule has 1 rings (SSSR count). The third-order valence-corrected chi connectivity index (χ3v) is 2.93. The van der Waals surface area contributed by atoms with Gasteiger partial charge in [0.1, 0.15) is 0 Å². The first-order valence-electron chi connectivity index (χ1n) is 6.28. The minimum absolute atomic E-state index is 0.484. The Balaban J connectivity index is 2.45. The highest BCUT2D eigenvalue weighted by atomic mass is 16.5. The van der Waals surface area contributed by atoms with Gasteiger partial charge in [0.25, 0.3) is 0 Å². The van der Waals surface area contributed by atoms with Gasteiger partial charge in [-0.05, 0) is 31.4 Å². The van der Waals surface area contributed by atoms with Crippen LogP contribution in [0.15, 0.2) is 18.2 Å². The van der Waals surface area contributed by atoms with Crippen LogP contribution in [0.25, 0.3) is 0 Å². The molecule has 0 radical (unpaired) electrons. The molecular formula is C14H24N2O. The Morgan fingerprint density at radius 3 is 2.71 bits per heavy atom. The third kappa shape index (κ3) is 5.29. The van der Waals surface area contributed by atoms with E-state index in [4.69, 9.17) is 4.74 Å². The van der Waals surface area contributed by atoms with Crippen molar-refractivity contribution >= 4 is 0 Å². The minimum Gasteiger partial charge on any atom is -0.385 e. The topological polar surface area (TPSA) is 34.1 Å². The predicted molar refractivity (Wildman–Crippen MR) is 70.9 cm³/mol. The number of ether oxygens (including phenoxy) is 1. The molecule has 0 aliphatic heterocycles. The van der Waals surface area contributed by atoms with Crippen molar-refractivity contribution in [3.05, 3.63) is 29.6 Å². The van der Waals surface area contributed by atoms with Gasteiger partial charge >= 0.3 is 0 Å². The first-order valence-corrected chi connectivity index (χ1v) is 6.28. The molecular weight excluding hydrogens is 212 g/mol. The lowest BCUT2D eigenvalue weighted by Crippen LogP contribution is -2.34. The summed E-state index contributed by atoms with van der Waals surface area (Å²) in [5, 5.41) is 3.56. The predicted octanol–water partition coefficient (Wildman–Crippen LogP) is 2.54. The molecule has 1 aromatic rings. The van der Waals surface area contributed by atoms with E-state index in [1.54, 1.807) is 7.11 Å². The van der Waals surface area contributed by atoms with E-state index in [0.29, 0.717) is 12.0 Å². The number of rotatable bonds is 7. The van der Waals surface area contributed by atoms with Crippen LogP contribution in [0.2, 0.25) is 0 Å². The van der Waals surface area contributed by atoms with E-state index in [1.807, 2.05) is 13.0 Å². The van der Waals surface area contributed by atoms with Crippen LogP contribution in [-0.4, -0.2) is 24.7 Å². The molecule has 0 bridgehead atoms. The van der Waals surface area contributed by atoms with E-state index in [1.165, 1.54) is 0 Å². The summed E-state index contributed by atoms with van der Waals surface area (Å²) in [5.74, 6) is 0.606. The molecule has 17 heavy (non-hydrogen) atoms. The maximum Gasteiger partial charge on any atom is 0.0544 e. The second kappa shape index (κ2) is 7.41. The molecule has 0 fully saturated rings. The Hall–Kier alpha value is -0.930. The van der Waals surface area contributed by atoms with Gasteiger partial charge in [0.15, 0.2) is 0 Å². The van der Waals surface area contributed by atoms with Crippen molar-refractivity contribution < 1.29 is 4.74 Å². The molecule has 96 valence electrons. The van der Waals surface area contributed by atoms with E-state index in [0.717, 1.165) is 31.0 Å². The summed E-state index contributed by atoms with van der Waals surface area (Å²) in [6.45, 7) is 8.12. The summed E-state index contributed by atoms with van der Waals surface area (Å²) >= 11 is 0. The third-order valence-electron chi connectivity index (χ3n) is 2.93. The van der Waals surface area contributed by atoms with Crippen molar-refractivity contribution in [2.75, 3.05) is 13.7 Å². The van der Waals surface area contributed by atoms with E-state index >= 15 is 0 Å². The number of pyridine rings is 1. The first-order chi connectivity index (χ1) is 8.13. The Kier molecular flexibility index (Phi) is 6.16. The molecule has 0 aromatic carbocycles. The molecule has 0 aliphatic rings. The zero-order valence-corrected chi connectivity index (χ0v) is 11.4. The van der Waals surface area contributed by atoms with Crippen LogP contribution in [0.4, 0.5) is 0 Å². The maximum absolute atomic E-state index is 5.14. The summed E-state index contributed by atoms with van der Waals surface area (Å²) in [6, 6.07) is 6.62. The maximum atomic E-state index is 5.14. The van der Waals surface area contributed by atoms with Crippen molar-refractivity contribution in [2.24, 2.45) is 5.92 Å². The molecule has 1 N–H and O–H groups in total. The second-order valence-electron chi connectivity index (χ2n) is 4.78. The van der Waals surface area contributed by atoms with Gasteiger partial charge in [0.2, 0.25) is 0 Å². The second-order valence-corrected chi connectivity index (χ2v) is 4.78. The SMILES string of the molecule is COCC[C@H](NCc1cccc(C)n1)C(C)C. The molecule has 1 heterocycles. The summed E-state index contributed by atoms with van der Waals surface area (Å²) in [6.07, 6.45) is 1.04. The molecule has 3 nitrogen and oxygen atoms in total. The van der Waals surface area contributed by atoms with E-state index in [9.17, 15) is 0 Å². The molecule has 3 heteroatoms. The van der Waals surface area contributed by atoms with Crippen LogP contribution in [0, 0.1) is 12.8 Å². The zero-order chi connectivity index (χ0) is 12.7. The van der Waals surface area contributed by atoms with Crippen molar-refractivity contribution in [1.82, 2.24) is 10.3 Å². The average Bonchev–Trinajstić information content (AvgIpc) is 2.28. The van der Waals surface area contributed by atoms with Crippen molar-refractivity contribution in [2.45, 2.75) is 39.8 Å². The number of hydrogen-bond acceptors (Lipinski definition) is 3. The molecule has 0 aliphatic carbocycles. The van der Waals surface area contributed by atoms with E-state index in [2.05, 4.69) is 36.3 Å². The van der Waals surface area contributed by atoms with Gasteiger partial charge in [-0.1, -0.05) is 19.9 Å². The Morgan fingerprint density at radius 1 is 1.35 bits per heavy atom. The fourth-order valence-corrected chi connectivity index (χ4v) is 1.85. The Bertz CT molecular complexity index is 326. The quantitative estimate of drug-likeness (QED) is 0.790. The largest absolute Gasteiger partial charge is 0.385 e. The number of hydrogen-bond donors (Lipinski definition) is 1. The summed E-state index contributed by atoms with van der Waals surface area (Å²) in [7, 11) is 1.75. The van der Waals surface area contributed by atoms with E-state index < -0.39 is 0 Å². The highest BCUT2D eigenvalue weighted by Crippen LogP contribution is 2.07.